The van der Waals surface area contributed by atoms with Gasteiger partial charge in [0.2, 0.25) is 11.8 Å². The summed E-state index contributed by atoms with van der Waals surface area (Å²) < 4.78 is 12.9. The molecule has 1 aromatic carbocycles. The van der Waals surface area contributed by atoms with Crippen LogP contribution in [-0.2, 0) is 16.0 Å². The molecule has 4 nitrogen and oxygen atoms in total. The normalized spacial score (nSPS) is 15.0. The van der Waals surface area contributed by atoms with E-state index in [0.29, 0.717) is 39.0 Å². The van der Waals surface area contributed by atoms with E-state index in [1.165, 1.54) is 12.1 Å². The van der Waals surface area contributed by atoms with E-state index in [4.69, 9.17) is 0 Å². The Hall–Kier alpha value is -1.91. The van der Waals surface area contributed by atoms with Gasteiger partial charge in [0.15, 0.2) is 0 Å². The molecular formula is C19H27FN2O2. The molecule has 0 bridgehead atoms. The van der Waals surface area contributed by atoms with E-state index in [1.807, 2.05) is 23.6 Å². The summed E-state index contributed by atoms with van der Waals surface area (Å²) in [5.74, 6) is 0.168. The van der Waals surface area contributed by atoms with Crippen LogP contribution in [0, 0.1) is 11.7 Å². The van der Waals surface area contributed by atoms with Gasteiger partial charge in [0.25, 0.3) is 0 Å². The lowest BCUT2D eigenvalue weighted by Gasteiger charge is -2.36. The topological polar surface area (TPSA) is 40.6 Å². The smallest absolute Gasteiger partial charge is 0.225 e. The van der Waals surface area contributed by atoms with Crippen LogP contribution in [0.4, 0.5) is 4.39 Å². The minimum Gasteiger partial charge on any atom is -0.339 e. The first-order valence-electron chi connectivity index (χ1n) is 8.86. The number of piperazine rings is 1. The lowest BCUT2D eigenvalue weighted by atomic mass is 10.0. The fraction of sp³-hybridized carbons (Fsp3) is 0.579. The fourth-order valence-electron chi connectivity index (χ4n) is 3.13. The van der Waals surface area contributed by atoms with Gasteiger partial charge in [0.1, 0.15) is 5.82 Å². The van der Waals surface area contributed by atoms with Gasteiger partial charge >= 0.3 is 0 Å². The van der Waals surface area contributed by atoms with Crippen LogP contribution in [0.2, 0.25) is 0 Å². The number of nitrogens with zero attached hydrogens (tertiary/aromatic N) is 2. The molecule has 0 aliphatic carbocycles. The second-order valence-corrected chi connectivity index (χ2v) is 6.35. The standard InChI is InChI=1S/C19H27FN2O2/c1-3-16(4-2)19(24)22-13-11-21(12-14-22)18(23)10-7-15-5-8-17(20)9-6-15/h5-6,8-9,16H,3-4,7,10-14H2,1-2H3. The Morgan fingerprint density at radius 2 is 1.54 bits per heavy atom. The third-order valence-electron chi connectivity index (χ3n) is 4.82. The van der Waals surface area contributed by atoms with Crippen LogP contribution in [-0.4, -0.2) is 47.8 Å². The lowest BCUT2D eigenvalue weighted by molar-refractivity contribution is -0.142. The summed E-state index contributed by atoms with van der Waals surface area (Å²) in [4.78, 5) is 28.4. The van der Waals surface area contributed by atoms with Crippen molar-refractivity contribution in [3.05, 3.63) is 35.6 Å². The van der Waals surface area contributed by atoms with Gasteiger partial charge in [-0.25, -0.2) is 4.39 Å². The zero-order chi connectivity index (χ0) is 17.5. The Kier molecular flexibility index (Phi) is 6.76. The molecule has 0 aromatic heterocycles. The van der Waals surface area contributed by atoms with E-state index in [2.05, 4.69) is 0 Å². The molecule has 0 unspecified atom stereocenters. The molecule has 1 saturated heterocycles. The maximum Gasteiger partial charge on any atom is 0.225 e. The van der Waals surface area contributed by atoms with Gasteiger partial charge in [-0.2, -0.15) is 0 Å². The van der Waals surface area contributed by atoms with E-state index < -0.39 is 0 Å². The highest BCUT2D eigenvalue weighted by molar-refractivity contribution is 5.80. The Bertz CT molecular complexity index is 547. The van der Waals surface area contributed by atoms with Crippen LogP contribution in [0.5, 0.6) is 0 Å². The lowest BCUT2D eigenvalue weighted by Crippen LogP contribution is -2.51. The number of carbonyl (C=O) groups excluding carboxylic acids is 2. The SMILES string of the molecule is CCC(CC)C(=O)N1CCN(C(=O)CCc2ccc(F)cc2)CC1. The minimum absolute atomic E-state index is 0.103. The predicted octanol–water partition coefficient (Wildman–Crippen LogP) is 2.87. The molecule has 132 valence electrons. The van der Waals surface area contributed by atoms with Crippen molar-refractivity contribution in [2.24, 2.45) is 5.92 Å². The second-order valence-electron chi connectivity index (χ2n) is 6.35. The zero-order valence-electron chi connectivity index (χ0n) is 14.6. The van der Waals surface area contributed by atoms with Crippen molar-refractivity contribution in [3.63, 3.8) is 0 Å². The summed E-state index contributed by atoms with van der Waals surface area (Å²) in [5, 5.41) is 0. The van der Waals surface area contributed by atoms with Crippen LogP contribution in [0.15, 0.2) is 24.3 Å². The Morgan fingerprint density at radius 3 is 2.08 bits per heavy atom. The van der Waals surface area contributed by atoms with Crippen molar-refractivity contribution in [2.75, 3.05) is 26.2 Å². The molecule has 0 atom stereocenters. The summed E-state index contributed by atoms with van der Waals surface area (Å²) in [5.41, 5.74) is 0.965. The Labute approximate surface area is 143 Å². The summed E-state index contributed by atoms with van der Waals surface area (Å²) in [6.07, 6.45) is 2.77. The van der Waals surface area contributed by atoms with E-state index in [9.17, 15) is 14.0 Å². The van der Waals surface area contributed by atoms with Crippen LogP contribution < -0.4 is 0 Å². The van der Waals surface area contributed by atoms with Crippen molar-refractivity contribution in [1.29, 1.82) is 0 Å². The van der Waals surface area contributed by atoms with Crippen molar-refractivity contribution >= 4 is 11.8 Å². The molecule has 1 heterocycles. The number of halogens is 1. The van der Waals surface area contributed by atoms with Crippen LogP contribution in [0.3, 0.4) is 0 Å². The molecule has 0 saturated carbocycles. The quantitative estimate of drug-likeness (QED) is 0.803. The van der Waals surface area contributed by atoms with Crippen molar-refractivity contribution in [3.8, 4) is 0 Å². The van der Waals surface area contributed by atoms with Crippen molar-refractivity contribution < 1.29 is 14.0 Å². The number of hydrogen-bond acceptors (Lipinski definition) is 2. The molecule has 24 heavy (non-hydrogen) atoms. The maximum atomic E-state index is 12.9. The van der Waals surface area contributed by atoms with Gasteiger partial charge < -0.3 is 9.80 Å². The van der Waals surface area contributed by atoms with Crippen LogP contribution in [0.1, 0.15) is 38.7 Å². The summed E-state index contributed by atoms with van der Waals surface area (Å²) in [7, 11) is 0. The first-order valence-corrected chi connectivity index (χ1v) is 8.86. The van der Waals surface area contributed by atoms with Gasteiger partial charge in [0.05, 0.1) is 0 Å². The van der Waals surface area contributed by atoms with Gasteiger partial charge in [0, 0.05) is 38.5 Å². The average Bonchev–Trinajstić information content (AvgIpc) is 2.62. The molecule has 1 fully saturated rings. The summed E-state index contributed by atoms with van der Waals surface area (Å²) in [6, 6.07) is 6.27. The molecule has 1 aliphatic rings. The number of rotatable bonds is 6. The third kappa shape index (κ3) is 4.79. The molecule has 0 N–H and O–H groups in total. The number of amides is 2. The molecule has 2 amide bonds. The zero-order valence-corrected chi connectivity index (χ0v) is 14.6. The van der Waals surface area contributed by atoms with Crippen molar-refractivity contribution in [2.45, 2.75) is 39.5 Å². The summed E-state index contributed by atoms with van der Waals surface area (Å²) >= 11 is 0. The molecule has 1 aromatic rings. The highest BCUT2D eigenvalue weighted by atomic mass is 19.1. The van der Waals surface area contributed by atoms with E-state index >= 15 is 0 Å². The number of aryl methyl sites for hydroxylation is 1. The van der Waals surface area contributed by atoms with Gasteiger partial charge in [-0.3, -0.25) is 9.59 Å². The number of carbonyl (C=O) groups is 2. The highest BCUT2D eigenvalue weighted by Crippen LogP contribution is 2.15. The predicted molar refractivity (Wildman–Crippen MR) is 92.0 cm³/mol. The van der Waals surface area contributed by atoms with Crippen LogP contribution in [0.25, 0.3) is 0 Å². The Morgan fingerprint density at radius 1 is 1.00 bits per heavy atom. The van der Waals surface area contributed by atoms with E-state index in [1.54, 1.807) is 12.1 Å². The molecule has 0 spiro atoms. The molecule has 5 heteroatoms. The largest absolute Gasteiger partial charge is 0.339 e. The number of hydrogen-bond donors (Lipinski definition) is 0. The first-order chi connectivity index (χ1) is 11.5. The maximum absolute atomic E-state index is 12.9. The van der Waals surface area contributed by atoms with Gasteiger partial charge in [-0.1, -0.05) is 26.0 Å². The molecule has 0 radical (unpaired) electrons. The van der Waals surface area contributed by atoms with E-state index in [0.717, 1.165) is 18.4 Å². The van der Waals surface area contributed by atoms with Crippen molar-refractivity contribution in [1.82, 2.24) is 9.80 Å². The third-order valence-corrected chi connectivity index (χ3v) is 4.82. The Balaban J connectivity index is 1.78. The average molecular weight is 334 g/mol. The van der Waals surface area contributed by atoms with Gasteiger partial charge in [-0.15, -0.1) is 0 Å². The fourth-order valence-corrected chi connectivity index (χ4v) is 3.13. The monoisotopic (exact) mass is 334 g/mol. The molecule has 1 aliphatic heterocycles. The number of benzene rings is 1. The van der Waals surface area contributed by atoms with Gasteiger partial charge in [-0.05, 0) is 37.0 Å². The minimum atomic E-state index is -0.261. The van der Waals surface area contributed by atoms with Crippen LogP contribution >= 0.6 is 0 Å². The van der Waals surface area contributed by atoms with E-state index in [-0.39, 0.29) is 23.5 Å². The molecular weight excluding hydrogens is 307 g/mol. The first kappa shape index (κ1) is 18.4. The molecule has 2 rings (SSSR count). The highest BCUT2D eigenvalue weighted by Gasteiger charge is 2.27. The second kappa shape index (κ2) is 8.81. The summed E-state index contributed by atoms with van der Waals surface area (Å²) in [6.45, 7) is 6.54.